The van der Waals surface area contributed by atoms with Crippen LogP contribution in [0.5, 0.6) is 0 Å². The second kappa shape index (κ2) is 8.82. The van der Waals surface area contributed by atoms with Gasteiger partial charge in [-0.25, -0.2) is 17.7 Å². The van der Waals surface area contributed by atoms with Gasteiger partial charge in [-0.1, -0.05) is 42.1 Å². The molecule has 2 heterocycles. The van der Waals surface area contributed by atoms with Crippen molar-refractivity contribution >= 4 is 43.3 Å². The highest BCUT2D eigenvalue weighted by atomic mass is 32.2. The number of sulfonamides is 1. The predicted molar refractivity (Wildman–Crippen MR) is 132 cm³/mol. The van der Waals surface area contributed by atoms with Gasteiger partial charge in [0.15, 0.2) is 5.16 Å². The van der Waals surface area contributed by atoms with Crippen LogP contribution in [-0.4, -0.2) is 36.4 Å². The lowest BCUT2D eigenvalue weighted by Crippen LogP contribution is -2.22. The Bertz CT molecular complexity index is 1460. The van der Waals surface area contributed by atoms with Gasteiger partial charge in [-0.15, -0.1) is 11.3 Å². The standard InChI is InChI=1S/C23H23N3O3S3/c1-15-16(2)31-21-20(15)22(27)26(18-10-6-5-7-11-18)23(24-21)30-14-17-9-8-12-19(13-17)32(28,29)25(3)4/h5-13H,14H2,1-4H3. The minimum atomic E-state index is -3.52. The molecule has 0 spiro atoms. The van der Waals surface area contributed by atoms with E-state index >= 15 is 0 Å². The summed E-state index contributed by atoms with van der Waals surface area (Å²) in [6.07, 6.45) is 0. The summed E-state index contributed by atoms with van der Waals surface area (Å²) in [5.74, 6) is 0.477. The van der Waals surface area contributed by atoms with Gasteiger partial charge in [0, 0.05) is 24.7 Å². The van der Waals surface area contributed by atoms with Gasteiger partial charge in [0.1, 0.15) is 4.83 Å². The number of fused-ring (bicyclic) bond motifs is 1. The lowest BCUT2D eigenvalue weighted by molar-refractivity contribution is 0.520. The molecule has 0 fully saturated rings. The second-order valence-electron chi connectivity index (χ2n) is 7.56. The molecule has 0 aliphatic carbocycles. The SMILES string of the molecule is Cc1sc2nc(SCc3cccc(S(=O)(=O)N(C)C)c3)n(-c3ccccc3)c(=O)c2c1C. The van der Waals surface area contributed by atoms with Crippen LogP contribution in [0.2, 0.25) is 0 Å². The molecule has 0 saturated carbocycles. The number of hydrogen-bond donors (Lipinski definition) is 0. The fourth-order valence-corrected chi connectivity index (χ4v) is 6.33. The Hall–Kier alpha value is -2.46. The summed E-state index contributed by atoms with van der Waals surface area (Å²) in [7, 11) is -0.489. The fourth-order valence-electron chi connectivity index (χ4n) is 3.33. The largest absolute Gasteiger partial charge is 0.268 e. The predicted octanol–water partition coefficient (Wildman–Crippen LogP) is 4.61. The first-order valence-corrected chi connectivity index (χ1v) is 13.2. The molecule has 4 rings (SSSR count). The van der Waals surface area contributed by atoms with Crippen LogP contribution in [0.3, 0.4) is 0 Å². The van der Waals surface area contributed by atoms with E-state index in [9.17, 15) is 13.2 Å². The van der Waals surface area contributed by atoms with Crippen molar-refractivity contribution in [2.75, 3.05) is 14.1 Å². The van der Waals surface area contributed by atoms with Gasteiger partial charge in [0.05, 0.1) is 16.0 Å². The third-order valence-electron chi connectivity index (χ3n) is 5.23. The van der Waals surface area contributed by atoms with Crippen molar-refractivity contribution in [2.45, 2.75) is 29.7 Å². The van der Waals surface area contributed by atoms with E-state index in [1.54, 1.807) is 22.8 Å². The average Bonchev–Trinajstić information content (AvgIpc) is 3.06. The number of rotatable bonds is 6. The molecule has 0 atom stereocenters. The summed E-state index contributed by atoms with van der Waals surface area (Å²) in [6.45, 7) is 3.95. The van der Waals surface area contributed by atoms with Crippen LogP contribution in [0.1, 0.15) is 16.0 Å². The number of aromatic nitrogens is 2. The first-order chi connectivity index (χ1) is 15.2. The Morgan fingerprint density at radius 2 is 1.78 bits per heavy atom. The summed E-state index contributed by atoms with van der Waals surface area (Å²) in [5.41, 5.74) is 2.46. The number of benzene rings is 2. The minimum absolute atomic E-state index is 0.0884. The fraction of sp³-hybridized carbons (Fsp3) is 0.217. The van der Waals surface area contributed by atoms with E-state index in [-0.39, 0.29) is 10.5 Å². The van der Waals surface area contributed by atoms with E-state index < -0.39 is 10.0 Å². The summed E-state index contributed by atoms with van der Waals surface area (Å²) >= 11 is 2.94. The van der Waals surface area contributed by atoms with Gasteiger partial charge in [-0.3, -0.25) is 9.36 Å². The molecule has 2 aromatic heterocycles. The van der Waals surface area contributed by atoms with Gasteiger partial charge in [0.25, 0.3) is 5.56 Å². The number of thiophene rings is 1. The molecule has 0 aliphatic rings. The van der Waals surface area contributed by atoms with Crippen LogP contribution >= 0.6 is 23.1 Å². The summed E-state index contributed by atoms with van der Waals surface area (Å²) in [5, 5.41) is 1.23. The summed E-state index contributed by atoms with van der Waals surface area (Å²) in [4.78, 5) is 20.4. The lowest BCUT2D eigenvalue weighted by Gasteiger charge is -2.14. The molecular weight excluding hydrogens is 462 g/mol. The quantitative estimate of drug-likeness (QED) is 0.295. The van der Waals surface area contributed by atoms with Crippen molar-refractivity contribution in [1.29, 1.82) is 0 Å². The van der Waals surface area contributed by atoms with Gasteiger partial charge in [-0.05, 0) is 49.2 Å². The van der Waals surface area contributed by atoms with Gasteiger partial charge in [0.2, 0.25) is 10.0 Å². The van der Waals surface area contributed by atoms with Crippen molar-refractivity contribution in [3.63, 3.8) is 0 Å². The number of nitrogens with zero attached hydrogens (tertiary/aromatic N) is 3. The van der Waals surface area contributed by atoms with Crippen LogP contribution in [0.15, 0.2) is 69.4 Å². The smallest absolute Gasteiger partial charge is 0.267 e. The Morgan fingerprint density at radius 1 is 1.06 bits per heavy atom. The normalized spacial score (nSPS) is 12.0. The van der Waals surface area contributed by atoms with Gasteiger partial charge in [-0.2, -0.15) is 0 Å². The van der Waals surface area contributed by atoms with Crippen molar-refractivity contribution in [1.82, 2.24) is 13.9 Å². The molecule has 0 unspecified atom stereocenters. The van der Waals surface area contributed by atoms with E-state index in [1.165, 1.54) is 41.5 Å². The maximum Gasteiger partial charge on any atom is 0.267 e. The highest BCUT2D eigenvalue weighted by Crippen LogP contribution is 2.31. The van der Waals surface area contributed by atoms with E-state index in [2.05, 4.69) is 0 Å². The Morgan fingerprint density at radius 3 is 2.47 bits per heavy atom. The Balaban J connectivity index is 1.78. The maximum atomic E-state index is 13.5. The van der Waals surface area contributed by atoms with Crippen molar-refractivity contribution in [3.8, 4) is 5.69 Å². The topological polar surface area (TPSA) is 72.3 Å². The van der Waals surface area contributed by atoms with E-state index in [0.29, 0.717) is 16.3 Å². The molecule has 166 valence electrons. The third kappa shape index (κ3) is 4.13. The molecule has 0 N–H and O–H groups in total. The second-order valence-corrected chi connectivity index (χ2v) is 11.9. The summed E-state index contributed by atoms with van der Waals surface area (Å²) in [6, 6.07) is 16.3. The zero-order valence-corrected chi connectivity index (χ0v) is 20.6. The van der Waals surface area contributed by atoms with Crippen molar-refractivity contribution < 1.29 is 8.42 Å². The highest BCUT2D eigenvalue weighted by molar-refractivity contribution is 7.98. The maximum absolute atomic E-state index is 13.5. The molecule has 0 bridgehead atoms. The number of thioether (sulfide) groups is 1. The van der Waals surface area contributed by atoms with Crippen LogP contribution in [-0.2, 0) is 15.8 Å². The minimum Gasteiger partial charge on any atom is -0.268 e. The lowest BCUT2D eigenvalue weighted by atomic mass is 10.2. The van der Waals surface area contributed by atoms with Crippen LogP contribution in [0.4, 0.5) is 0 Å². The molecule has 9 heteroatoms. The van der Waals surface area contributed by atoms with Crippen LogP contribution in [0, 0.1) is 13.8 Å². The third-order valence-corrected chi connectivity index (χ3v) is 9.15. The molecule has 0 aliphatic heterocycles. The van der Waals surface area contributed by atoms with Gasteiger partial charge < -0.3 is 0 Å². The molecular formula is C23H23N3O3S3. The molecule has 0 saturated heterocycles. The number of para-hydroxylation sites is 1. The number of aryl methyl sites for hydroxylation is 2. The van der Waals surface area contributed by atoms with Gasteiger partial charge >= 0.3 is 0 Å². The van der Waals surface area contributed by atoms with Crippen LogP contribution in [0.25, 0.3) is 15.9 Å². The van der Waals surface area contributed by atoms with Crippen molar-refractivity contribution in [2.24, 2.45) is 0 Å². The monoisotopic (exact) mass is 485 g/mol. The van der Waals surface area contributed by atoms with Crippen molar-refractivity contribution in [3.05, 3.63) is 81.0 Å². The van der Waals surface area contributed by atoms with E-state index in [4.69, 9.17) is 4.98 Å². The molecule has 0 radical (unpaired) electrons. The zero-order chi connectivity index (χ0) is 23.0. The molecule has 6 nitrogen and oxygen atoms in total. The zero-order valence-electron chi connectivity index (χ0n) is 18.2. The number of hydrogen-bond acceptors (Lipinski definition) is 6. The Kier molecular flexibility index (Phi) is 6.26. The molecule has 2 aromatic carbocycles. The van der Waals surface area contributed by atoms with E-state index in [1.807, 2.05) is 50.2 Å². The van der Waals surface area contributed by atoms with E-state index in [0.717, 1.165) is 26.5 Å². The molecule has 32 heavy (non-hydrogen) atoms. The van der Waals surface area contributed by atoms with Crippen LogP contribution < -0.4 is 5.56 Å². The average molecular weight is 486 g/mol. The first-order valence-electron chi connectivity index (χ1n) is 9.92. The summed E-state index contributed by atoms with van der Waals surface area (Å²) < 4.78 is 27.8. The first kappa shape index (κ1) is 22.7. The molecule has 4 aromatic rings. The Labute approximate surface area is 195 Å². The molecule has 0 amide bonds. The highest BCUT2D eigenvalue weighted by Gasteiger charge is 2.19.